The molecule has 0 aliphatic carbocycles. The highest BCUT2D eigenvalue weighted by Gasteiger charge is 2.09. The van der Waals surface area contributed by atoms with E-state index in [1.54, 1.807) is 13.2 Å². The van der Waals surface area contributed by atoms with E-state index in [0.717, 1.165) is 16.9 Å². The van der Waals surface area contributed by atoms with Crippen molar-refractivity contribution in [3.05, 3.63) is 40.6 Å². The molecule has 0 spiro atoms. The summed E-state index contributed by atoms with van der Waals surface area (Å²) in [6, 6.07) is 4.18. The Morgan fingerprint density at radius 2 is 1.79 bits per heavy atom. The minimum atomic E-state index is 0.558. The number of rotatable bonds is 3. The Bertz CT molecular complexity index is 609. The van der Waals surface area contributed by atoms with E-state index < -0.39 is 0 Å². The van der Waals surface area contributed by atoms with Crippen LogP contribution in [0.5, 0.6) is 11.6 Å². The molecule has 2 rings (SSSR count). The lowest BCUT2D eigenvalue weighted by molar-refractivity contribution is 0.454. The van der Waals surface area contributed by atoms with E-state index in [1.165, 1.54) is 11.1 Å². The van der Waals surface area contributed by atoms with Gasteiger partial charge in [0.2, 0.25) is 11.8 Å². The van der Waals surface area contributed by atoms with Crippen molar-refractivity contribution in [2.24, 2.45) is 0 Å². The third kappa shape index (κ3) is 2.84. The Morgan fingerprint density at radius 1 is 1.05 bits per heavy atom. The molecule has 0 saturated heterocycles. The number of hydrogen-bond acceptors (Lipinski definition) is 4. The first-order chi connectivity index (χ1) is 9.01. The first-order valence-electron chi connectivity index (χ1n) is 6.28. The molecule has 0 aliphatic heterocycles. The van der Waals surface area contributed by atoms with Crippen molar-refractivity contribution in [1.82, 2.24) is 9.97 Å². The van der Waals surface area contributed by atoms with Crippen molar-refractivity contribution in [2.45, 2.75) is 27.7 Å². The zero-order chi connectivity index (χ0) is 14.0. The number of ether oxygens (including phenoxy) is 1. The molecule has 0 aliphatic rings. The lowest BCUT2D eigenvalue weighted by Gasteiger charge is -2.13. The van der Waals surface area contributed by atoms with Gasteiger partial charge in [0.15, 0.2) is 0 Å². The number of nitrogens with zero attached hydrogens (tertiary/aromatic N) is 2. The summed E-state index contributed by atoms with van der Waals surface area (Å²) in [5.74, 6) is 2.00. The molecule has 1 heterocycles. The minimum Gasteiger partial charge on any atom is -0.438 e. The molecule has 4 nitrogen and oxygen atoms in total. The van der Waals surface area contributed by atoms with Gasteiger partial charge in [0.1, 0.15) is 5.75 Å². The zero-order valence-corrected chi connectivity index (χ0v) is 12.0. The molecule has 0 atom stereocenters. The molecule has 0 saturated carbocycles. The maximum Gasteiger partial charge on any atom is 0.226 e. The molecule has 4 heteroatoms. The molecule has 1 N–H and O–H groups in total. The van der Waals surface area contributed by atoms with Gasteiger partial charge in [0.25, 0.3) is 0 Å². The SMILES string of the molecule is CNc1ncc(C)c(Oc2cc(C)cc(C)c2C)n1. The largest absolute Gasteiger partial charge is 0.438 e. The Labute approximate surface area is 113 Å². The van der Waals surface area contributed by atoms with Crippen LogP contribution in [0, 0.1) is 27.7 Å². The van der Waals surface area contributed by atoms with E-state index in [-0.39, 0.29) is 0 Å². The zero-order valence-electron chi connectivity index (χ0n) is 12.0. The van der Waals surface area contributed by atoms with Crippen LogP contribution in [-0.4, -0.2) is 17.0 Å². The van der Waals surface area contributed by atoms with E-state index in [9.17, 15) is 0 Å². The number of nitrogens with one attached hydrogen (secondary N) is 1. The fourth-order valence-corrected chi connectivity index (χ4v) is 1.86. The molecule has 0 bridgehead atoms. The van der Waals surface area contributed by atoms with E-state index in [4.69, 9.17) is 4.74 Å². The third-order valence-corrected chi connectivity index (χ3v) is 3.12. The second-order valence-electron chi connectivity index (χ2n) is 4.74. The van der Waals surface area contributed by atoms with Crippen LogP contribution >= 0.6 is 0 Å². The normalized spacial score (nSPS) is 10.4. The highest BCUT2D eigenvalue weighted by Crippen LogP contribution is 2.29. The molecular weight excluding hydrogens is 238 g/mol. The van der Waals surface area contributed by atoms with Gasteiger partial charge in [-0.1, -0.05) is 6.07 Å². The van der Waals surface area contributed by atoms with Crippen molar-refractivity contribution < 1.29 is 4.74 Å². The van der Waals surface area contributed by atoms with E-state index in [1.807, 2.05) is 13.0 Å². The second kappa shape index (κ2) is 5.26. The van der Waals surface area contributed by atoms with E-state index in [0.29, 0.717) is 11.8 Å². The summed E-state index contributed by atoms with van der Waals surface area (Å²) in [6.45, 7) is 8.14. The standard InChI is InChI=1S/C15H19N3O/c1-9-6-10(2)12(4)13(7-9)19-14-11(3)8-17-15(16-5)18-14/h6-8H,1-5H3,(H,16,17,18). The van der Waals surface area contributed by atoms with Gasteiger partial charge < -0.3 is 10.1 Å². The van der Waals surface area contributed by atoms with Crippen LogP contribution in [0.2, 0.25) is 0 Å². The maximum absolute atomic E-state index is 5.95. The molecule has 1 aromatic heterocycles. The first kappa shape index (κ1) is 13.3. The average Bonchev–Trinajstić information content (AvgIpc) is 2.38. The summed E-state index contributed by atoms with van der Waals surface area (Å²) in [5, 5.41) is 2.92. The molecule has 0 amide bonds. The van der Waals surface area contributed by atoms with Gasteiger partial charge in [-0.15, -0.1) is 0 Å². The summed E-state index contributed by atoms with van der Waals surface area (Å²) < 4.78 is 5.95. The molecular formula is C15H19N3O. The number of benzene rings is 1. The Kier molecular flexibility index (Phi) is 3.69. The predicted octanol–water partition coefficient (Wildman–Crippen LogP) is 3.54. The fourth-order valence-electron chi connectivity index (χ4n) is 1.86. The van der Waals surface area contributed by atoms with Crippen LogP contribution in [-0.2, 0) is 0 Å². The molecule has 0 unspecified atom stereocenters. The van der Waals surface area contributed by atoms with E-state index >= 15 is 0 Å². The van der Waals surface area contributed by atoms with Gasteiger partial charge in [-0.3, -0.25) is 0 Å². The number of aromatic nitrogens is 2. The monoisotopic (exact) mass is 257 g/mol. The number of hydrogen-bond donors (Lipinski definition) is 1. The highest BCUT2D eigenvalue weighted by molar-refractivity contribution is 5.45. The van der Waals surface area contributed by atoms with Gasteiger partial charge in [-0.05, 0) is 50.5 Å². The highest BCUT2D eigenvalue weighted by atomic mass is 16.5. The van der Waals surface area contributed by atoms with Gasteiger partial charge in [-0.2, -0.15) is 4.98 Å². The summed E-state index contributed by atoms with van der Waals surface area (Å²) in [7, 11) is 1.79. The fraction of sp³-hybridized carbons (Fsp3) is 0.333. The summed E-state index contributed by atoms with van der Waals surface area (Å²) in [5.41, 5.74) is 4.45. The summed E-state index contributed by atoms with van der Waals surface area (Å²) in [4.78, 5) is 8.50. The maximum atomic E-state index is 5.95. The third-order valence-electron chi connectivity index (χ3n) is 3.12. The topological polar surface area (TPSA) is 47.0 Å². The van der Waals surface area contributed by atoms with Crippen LogP contribution in [0.15, 0.2) is 18.3 Å². The molecule has 0 radical (unpaired) electrons. The lowest BCUT2D eigenvalue weighted by atomic mass is 10.1. The van der Waals surface area contributed by atoms with Gasteiger partial charge in [-0.25, -0.2) is 4.98 Å². The van der Waals surface area contributed by atoms with Gasteiger partial charge >= 0.3 is 0 Å². The molecule has 1 aromatic carbocycles. The van der Waals surface area contributed by atoms with Crippen LogP contribution in [0.1, 0.15) is 22.3 Å². The predicted molar refractivity (Wildman–Crippen MR) is 77.0 cm³/mol. The smallest absolute Gasteiger partial charge is 0.226 e. The quantitative estimate of drug-likeness (QED) is 0.913. The summed E-state index contributed by atoms with van der Waals surface area (Å²) in [6.07, 6.45) is 1.76. The Hall–Kier alpha value is -2.10. The minimum absolute atomic E-state index is 0.558. The van der Waals surface area contributed by atoms with Crippen LogP contribution < -0.4 is 10.1 Å². The van der Waals surface area contributed by atoms with Crippen LogP contribution in [0.4, 0.5) is 5.95 Å². The number of anilines is 1. The lowest BCUT2D eigenvalue weighted by Crippen LogP contribution is -2.01. The Morgan fingerprint density at radius 3 is 2.47 bits per heavy atom. The molecule has 19 heavy (non-hydrogen) atoms. The second-order valence-corrected chi connectivity index (χ2v) is 4.74. The van der Waals surface area contributed by atoms with Gasteiger partial charge in [0, 0.05) is 18.8 Å². The Balaban J connectivity index is 2.41. The van der Waals surface area contributed by atoms with Crippen molar-refractivity contribution >= 4 is 5.95 Å². The van der Waals surface area contributed by atoms with Crippen LogP contribution in [0.25, 0.3) is 0 Å². The van der Waals surface area contributed by atoms with Crippen molar-refractivity contribution in [1.29, 1.82) is 0 Å². The first-order valence-corrected chi connectivity index (χ1v) is 6.28. The van der Waals surface area contributed by atoms with Crippen molar-refractivity contribution in [3.8, 4) is 11.6 Å². The molecule has 0 fully saturated rings. The van der Waals surface area contributed by atoms with E-state index in [2.05, 4.69) is 42.1 Å². The van der Waals surface area contributed by atoms with Crippen molar-refractivity contribution in [2.75, 3.05) is 12.4 Å². The molecule has 100 valence electrons. The summed E-state index contributed by atoms with van der Waals surface area (Å²) >= 11 is 0. The van der Waals surface area contributed by atoms with Crippen LogP contribution in [0.3, 0.4) is 0 Å². The molecule has 2 aromatic rings. The van der Waals surface area contributed by atoms with Crippen molar-refractivity contribution in [3.63, 3.8) is 0 Å². The number of aryl methyl sites for hydroxylation is 3. The average molecular weight is 257 g/mol. The van der Waals surface area contributed by atoms with Gasteiger partial charge in [0.05, 0.1) is 0 Å².